The van der Waals surface area contributed by atoms with E-state index in [0.29, 0.717) is 0 Å². The molecule has 9 heteroatoms. The van der Waals surface area contributed by atoms with E-state index in [-0.39, 0.29) is 16.5 Å². The van der Waals surface area contributed by atoms with Gasteiger partial charge in [0, 0.05) is 44.1 Å². The third-order valence-corrected chi connectivity index (χ3v) is 7.68. The number of nitrogens with zero attached hydrogens (tertiary/aromatic N) is 2. The molecular formula is C34H33Cl3N4NiO. The molecule has 3 aromatic heterocycles. The molecule has 1 aromatic carbocycles. The maximum atomic E-state index is 5.40. The summed E-state index contributed by atoms with van der Waals surface area (Å²) in [5, 5.41) is 0. The van der Waals surface area contributed by atoms with Crippen molar-refractivity contribution in [3.63, 3.8) is 0 Å². The summed E-state index contributed by atoms with van der Waals surface area (Å²) in [6, 6.07) is 18.9. The fourth-order valence-electron chi connectivity index (χ4n) is 5.61. The van der Waals surface area contributed by atoms with Crippen LogP contribution in [0, 0.1) is 6.92 Å². The van der Waals surface area contributed by atoms with Crippen LogP contribution in [0.15, 0.2) is 54.6 Å². The number of H-pyrrole nitrogens is 2. The molecule has 2 aliphatic heterocycles. The van der Waals surface area contributed by atoms with Gasteiger partial charge in [0.25, 0.3) is 0 Å². The fraction of sp³-hybridized carbons (Fsp3) is 0.235. The van der Waals surface area contributed by atoms with Crippen molar-refractivity contribution in [1.82, 2.24) is 19.9 Å². The minimum atomic E-state index is -0.750. The number of fused-ring (bicyclic) bond motifs is 8. The van der Waals surface area contributed by atoms with Crippen LogP contribution in [0.4, 0.5) is 0 Å². The van der Waals surface area contributed by atoms with Crippen LogP contribution in [-0.2, 0) is 22.9 Å². The molecule has 226 valence electrons. The number of aryl methyl sites for hydroxylation is 2. The summed E-state index contributed by atoms with van der Waals surface area (Å²) >= 11 is 14.4. The van der Waals surface area contributed by atoms with E-state index in [9.17, 15) is 0 Å². The Labute approximate surface area is 277 Å². The fourth-order valence-corrected chi connectivity index (χ4v) is 5.61. The molecule has 4 aromatic rings. The number of methoxy groups -OCH3 is 1. The second-order valence-electron chi connectivity index (χ2n) is 10.1. The number of alkyl halides is 3. The van der Waals surface area contributed by atoms with Crippen LogP contribution < -0.4 is 4.74 Å². The first kappa shape index (κ1) is 32.9. The molecule has 2 N–H and O–H groups in total. The second kappa shape index (κ2) is 14.2. The quantitative estimate of drug-likeness (QED) is 0.147. The van der Waals surface area contributed by atoms with E-state index in [4.69, 9.17) is 49.5 Å². The summed E-state index contributed by atoms with van der Waals surface area (Å²) in [6.45, 7) is 8.78. The molecule has 6 rings (SSSR count). The van der Waals surface area contributed by atoms with Gasteiger partial charge < -0.3 is 14.7 Å². The Morgan fingerprint density at radius 3 is 2.16 bits per heavy atom. The molecule has 5 nitrogen and oxygen atoms in total. The smallest absolute Gasteiger partial charge is 0.180 e. The third-order valence-electron chi connectivity index (χ3n) is 7.68. The predicted molar refractivity (Wildman–Crippen MR) is 180 cm³/mol. The number of allylic oxidation sites excluding steroid dienone is 2. The molecule has 43 heavy (non-hydrogen) atoms. The molecular weight excluding hydrogens is 645 g/mol. The number of halogens is 3. The van der Waals surface area contributed by atoms with E-state index in [0.717, 1.165) is 74.6 Å². The molecule has 0 amide bonds. The Bertz CT molecular complexity index is 1850. The Hall–Kier alpha value is -3.02. The van der Waals surface area contributed by atoms with Gasteiger partial charge in [0.15, 0.2) is 4.30 Å². The summed E-state index contributed by atoms with van der Waals surface area (Å²) in [4.78, 5) is 17.5. The number of aromatic amines is 2. The maximum absolute atomic E-state index is 5.40. The summed E-state index contributed by atoms with van der Waals surface area (Å²) in [7, 11) is 1.69. The Kier molecular flexibility index (Phi) is 10.8. The van der Waals surface area contributed by atoms with Crippen molar-refractivity contribution in [2.24, 2.45) is 0 Å². The Morgan fingerprint density at radius 1 is 0.791 bits per heavy atom. The van der Waals surface area contributed by atoms with Crippen LogP contribution in [0.1, 0.15) is 61.1 Å². The van der Waals surface area contributed by atoms with Gasteiger partial charge in [-0.3, -0.25) is 0 Å². The first-order chi connectivity index (χ1) is 20.2. The SMILES string of the molecule is CCC1=C(C)c2cc3ccc([nH]3)c(-c3ccc(OC)cc3)c3nc(cc4[nH]c(cc1n2)c(CC)c4C)C=C3.ClC(Cl)Cl.[Ni]. The zero-order chi connectivity index (χ0) is 30.0. The summed E-state index contributed by atoms with van der Waals surface area (Å²) < 4.78 is 4.65. The van der Waals surface area contributed by atoms with Crippen molar-refractivity contribution in [1.29, 1.82) is 0 Å². The molecule has 0 saturated carbocycles. The molecule has 0 unspecified atom stereocenters. The van der Waals surface area contributed by atoms with Crippen molar-refractivity contribution in [2.75, 3.05) is 7.11 Å². The number of aromatic nitrogens is 4. The van der Waals surface area contributed by atoms with Crippen LogP contribution in [0.25, 0.3) is 56.5 Å². The minimum absolute atomic E-state index is 0. The van der Waals surface area contributed by atoms with Gasteiger partial charge in [-0.25, -0.2) is 9.97 Å². The maximum Gasteiger partial charge on any atom is 0.180 e. The summed E-state index contributed by atoms with van der Waals surface area (Å²) in [5.74, 6) is 0.828. The normalized spacial score (nSPS) is 12.2. The van der Waals surface area contributed by atoms with E-state index in [1.54, 1.807) is 7.11 Å². The average molecular weight is 679 g/mol. The number of ether oxygens (including phenoxy) is 1. The number of hydrogen-bond acceptors (Lipinski definition) is 3. The van der Waals surface area contributed by atoms with Gasteiger partial charge in [0.1, 0.15) is 5.75 Å². The van der Waals surface area contributed by atoms with E-state index < -0.39 is 4.30 Å². The van der Waals surface area contributed by atoms with Crippen molar-refractivity contribution in [3.05, 3.63) is 88.5 Å². The predicted octanol–water partition coefficient (Wildman–Crippen LogP) is 10.4. The third kappa shape index (κ3) is 7.05. The van der Waals surface area contributed by atoms with Gasteiger partial charge in [-0.1, -0.05) is 60.8 Å². The van der Waals surface area contributed by atoms with Gasteiger partial charge in [0.2, 0.25) is 0 Å². The van der Waals surface area contributed by atoms with Crippen molar-refractivity contribution in [3.8, 4) is 16.9 Å². The van der Waals surface area contributed by atoms with E-state index >= 15 is 0 Å². The molecule has 0 fully saturated rings. The van der Waals surface area contributed by atoms with Gasteiger partial charge in [-0.15, -0.1) is 0 Å². The van der Waals surface area contributed by atoms with Gasteiger partial charge in [-0.2, -0.15) is 0 Å². The van der Waals surface area contributed by atoms with E-state index in [2.05, 4.69) is 92.3 Å². The molecule has 0 spiro atoms. The summed E-state index contributed by atoms with van der Waals surface area (Å²) in [5.41, 5.74) is 15.3. The zero-order valence-electron chi connectivity index (χ0n) is 24.6. The minimum Gasteiger partial charge on any atom is -0.497 e. The second-order valence-corrected chi connectivity index (χ2v) is 12.1. The monoisotopic (exact) mass is 676 g/mol. The Balaban J connectivity index is 0.000000798. The summed E-state index contributed by atoms with van der Waals surface area (Å²) in [6.07, 6.45) is 6.07. The van der Waals surface area contributed by atoms with Crippen LogP contribution in [0.3, 0.4) is 0 Å². The average Bonchev–Trinajstić information content (AvgIpc) is 3.73. The van der Waals surface area contributed by atoms with Gasteiger partial charge >= 0.3 is 0 Å². The molecule has 0 radical (unpaired) electrons. The molecule has 0 aliphatic carbocycles. The van der Waals surface area contributed by atoms with Gasteiger partial charge in [0.05, 0.1) is 29.9 Å². The number of nitrogens with one attached hydrogen (secondary N) is 2. The van der Waals surface area contributed by atoms with Crippen molar-refractivity contribution < 1.29 is 21.2 Å². The number of rotatable bonds is 4. The standard InChI is InChI=1S/C33H32N4O.CHCl3.Ni/c1-6-25-19(3)29-16-22-10-14-27(34-22)33(21-8-12-24(38-5)13-9-21)28-15-11-23(35-28)17-30-20(4)26(7-2)32(37-30)18-31(25)36-29;2-1(3)4;/h8-18,34,37H,6-7H2,1-5H3;1H;. The first-order valence-corrected chi connectivity index (χ1v) is 15.2. The zero-order valence-corrected chi connectivity index (χ0v) is 27.9. The van der Waals surface area contributed by atoms with E-state index in [1.165, 1.54) is 22.3 Å². The van der Waals surface area contributed by atoms with Crippen LogP contribution >= 0.6 is 34.8 Å². The molecule has 0 saturated heterocycles. The van der Waals surface area contributed by atoms with Crippen LogP contribution in [0.2, 0.25) is 0 Å². The van der Waals surface area contributed by atoms with Crippen LogP contribution in [0.5, 0.6) is 5.75 Å². The van der Waals surface area contributed by atoms with Gasteiger partial charge in [-0.05, 0) is 109 Å². The van der Waals surface area contributed by atoms with E-state index in [1.807, 2.05) is 12.1 Å². The largest absolute Gasteiger partial charge is 0.497 e. The van der Waals surface area contributed by atoms with Crippen molar-refractivity contribution >= 4 is 80.2 Å². The first-order valence-electron chi connectivity index (χ1n) is 13.9. The topological polar surface area (TPSA) is 66.6 Å². The number of benzene rings is 1. The van der Waals surface area contributed by atoms with Crippen molar-refractivity contribution in [2.45, 2.75) is 44.8 Å². The molecule has 0 atom stereocenters. The molecule has 5 heterocycles. The molecule has 8 bridgehead atoms. The molecule has 2 aliphatic rings. The number of hydrogen-bond donors (Lipinski definition) is 2. The van der Waals surface area contributed by atoms with Crippen LogP contribution in [-0.4, -0.2) is 31.3 Å². The Morgan fingerprint density at radius 2 is 1.51 bits per heavy atom.